The Balaban J connectivity index is 1.59. The predicted octanol–water partition coefficient (Wildman–Crippen LogP) is 4.02. The molecular formula is C22H28O3. The first-order chi connectivity index (χ1) is 11.7. The number of allylic oxidation sites excluding steroid dienone is 2. The molecule has 0 bridgehead atoms. The average molecular weight is 340 g/mol. The Labute approximate surface area is 149 Å². The first-order valence-corrected chi connectivity index (χ1v) is 9.87. The molecule has 1 saturated heterocycles. The molecule has 25 heavy (non-hydrogen) atoms. The van der Waals surface area contributed by atoms with Gasteiger partial charge in [0.05, 0.1) is 6.10 Å². The zero-order valence-corrected chi connectivity index (χ0v) is 15.7. The zero-order chi connectivity index (χ0) is 17.8. The molecule has 134 valence electrons. The van der Waals surface area contributed by atoms with E-state index < -0.39 is 0 Å². The number of ether oxygens (including phenoxy) is 1. The lowest BCUT2D eigenvalue weighted by atomic mass is 9.47. The summed E-state index contributed by atoms with van der Waals surface area (Å²) in [6.07, 6.45) is 9.63. The van der Waals surface area contributed by atoms with E-state index in [1.165, 1.54) is 5.57 Å². The molecule has 4 fully saturated rings. The topological polar surface area (TPSA) is 46.7 Å². The van der Waals surface area contributed by atoms with E-state index in [9.17, 15) is 9.59 Å². The van der Waals surface area contributed by atoms with Crippen LogP contribution >= 0.6 is 0 Å². The van der Waals surface area contributed by atoms with Gasteiger partial charge in [0, 0.05) is 11.3 Å². The standard InChI is InChI=1S/C22H28O3/c1-12-10-21(4)14(9-18(12)24)5-6-17-16-8-7-15(13(2)23)20(16,3)11-19-22(17,21)25-19/h9-10,15-17,19H,5-8,11H2,1-4H3/t15-,16+,17+,19?,20-,21+,22+/m1/s1. The van der Waals surface area contributed by atoms with Crippen LogP contribution in [0.2, 0.25) is 0 Å². The van der Waals surface area contributed by atoms with E-state index in [-0.39, 0.29) is 34.2 Å². The summed E-state index contributed by atoms with van der Waals surface area (Å²) in [4.78, 5) is 24.5. The minimum atomic E-state index is -0.145. The molecule has 1 unspecified atom stereocenters. The summed E-state index contributed by atoms with van der Waals surface area (Å²) in [5.74, 6) is 1.82. The quantitative estimate of drug-likeness (QED) is 0.677. The summed E-state index contributed by atoms with van der Waals surface area (Å²) in [5.41, 5.74) is 1.95. The second kappa shape index (κ2) is 4.54. The maximum absolute atomic E-state index is 12.3. The Morgan fingerprint density at radius 3 is 2.68 bits per heavy atom. The normalized spacial score (nSPS) is 53.0. The van der Waals surface area contributed by atoms with Gasteiger partial charge in [-0.05, 0) is 81.8 Å². The lowest BCUT2D eigenvalue weighted by Gasteiger charge is -2.54. The molecule has 1 aliphatic heterocycles. The van der Waals surface area contributed by atoms with Crippen LogP contribution in [-0.4, -0.2) is 23.3 Å². The van der Waals surface area contributed by atoms with Crippen molar-refractivity contribution in [3.63, 3.8) is 0 Å². The highest BCUT2D eigenvalue weighted by molar-refractivity contribution is 6.05. The molecule has 0 N–H and O–H groups in total. The van der Waals surface area contributed by atoms with Crippen molar-refractivity contribution in [3.8, 4) is 0 Å². The Morgan fingerprint density at radius 1 is 1.20 bits per heavy atom. The molecule has 1 spiro atoms. The summed E-state index contributed by atoms with van der Waals surface area (Å²) in [5, 5.41) is 0. The average Bonchev–Trinajstić information content (AvgIpc) is 3.13. The van der Waals surface area contributed by atoms with Crippen LogP contribution < -0.4 is 0 Å². The number of hydrogen-bond donors (Lipinski definition) is 0. The molecule has 7 atom stereocenters. The van der Waals surface area contributed by atoms with E-state index in [0.717, 1.165) is 37.7 Å². The van der Waals surface area contributed by atoms with Gasteiger partial charge in [-0.2, -0.15) is 0 Å². The molecule has 3 nitrogen and oxygen atoms in total. The van der Waals surface area contributed by atoms with Crippen molar-refractivity contribution in [2.45, 2.75) is 71.5 Å². The van der Waals surface area contributed by atoms with E-state index in [1.54, 1.807) is 6.92 Å². The summed E-state index contributed by atoms with van der Waals surface area (Å²) in [7, 11) is 0. The lowest BCUT2D eigenvalue weighted by molar-refractivity contribution is -0.126. The first-order valence-electron chi connectivity index (χ1n) is 9.87. The van der Waals surface area contributed by atoms with Gasteiger partial charge in [0.15, 0.2) is 5.78 Å². The maximum atomic E-state index is 12.3. The number of fused-ring (bicyclic) bond motifs is 3. The van der Waals surface area contributed by atoms with Crippen molar-refractivity contribution in [3.05, 3.63) is 23.3 Å². The third kappa shape index (κ3) is 1.67. The van der Waals surface area contributed by atoms with Gasteiger partial charge in [0.25, 0.3) is 0 Å². The van der Waals surface area contributed by atoms with Gasteiger partial charge in [-0.15, -0.1) is 0 Å². The largest absolute Gasteiger partial charge is 0.364 e. The second-order valence-electron chi connectivity index (χ2n) is 9.67. The highest BCUT2D eigenvalue weighted by Gasteiger charge is 2.79. The highest BCUT2D eigenvalue weighted by Crippen LogP contribution is 2.75. The molecular weight excluding hydrogens is 312 g/mol. The van der Waals surface area contributed by atoms with Gasteiger partial charge in [-0.1, -0.05) is 18.6 Å². The summed E-state index contributed by atoms with van der Waals surface area (Å²) in [6, 6.07) is 0. The van der Waals surface area contributed by atoms with E-state index in [0.29, 0.717) is 17.6 Å². The van der Waals surface area contributed by atoms with Crippen molar-refractivity contribution in [1.29, 1.82) is 0 Å². The van der Waals surface area contributed by atoms with Crippen LogP contribution in [0.1, 0.15) is 59.8 Å². The minimum absolute atomic E-state index is 0.0992. The molecule has 3 heteroatoms. The van der Waals surface area contributed by atoms with Crippen LogP contribution in [0, 0.1) is 28.6 Å². The number of Topliss-reactive ketones (excluding diaryl/α,β-unsaturated/α-hetero) is 1. The van der Waals surface area contributed by atoms with Gasteiger partial charge in [0.2, 0.25) is 0 Å². The van der Waals surface area contributed by atoms with E-state index >= 15 is 0 Å². The van der Waals surface area contributed by atoms with Gasteiger partial charge >= 0.3 is 0 Å². The van der Waals surface area contributed by atoms with Crippen LogP contribution in [0.5, 0.6) is 0 Å². The summed E-state index contributed by atoms with van der Waals surface area (Å²) < 4.78 is 6.55. The predicted molar refractivity (Wildman–Crippen MR) is 94.9 cm³/mol. The van der Waals surface area contributed by atoms with Crippen LogP contribution in [0.3, 0.4) is 0 Å². The third-order valence-electron chi connectivity index (χ3n) is 8.72. The van der Waals surface area contributed by atoms with Crippen LogP contribution in [0.25, 0.3) is 0 Å². The summed E-state index contributed by atoms with van der Waals surface area (Å²) >= 11 is 0. The van der Waals surface area contributed by atoms with Gasteiger partial charge in [-0.25, -0.2) is 0 Å². The fraction of sp³-hybridized carbons (Fsp3) is 0.727. The minimum Gasteiger partial charge on any atom is -0.364 e. The van der Waals surface area contributed by atoms with Crippen molar-refractivity contribution in [2.75, 3.05) is 0 Å². The Bertz CT molecular complexity index is 761. The zero-order valence-electron chi connectivity index (χ0n) is 15.7. The highest BCUT2D eigenvalue weighted by atomic mass is 16.6. The number of ketones is 2. The summed E-state index contributed by atoms with van der Waals surface area (Å²) in [6.45, 7) is 8.35. The maximum Gasteiger partial charge on any atom is 0.181 e. The Morgan fingerprint density at radius 2 is 1.96 bits per heavy atom. The molecule has 1 heterocycles. The monoisotopic (exact) mass is 340 g/mol. The molecule has 4 aliphatic carbocycles. The fourth-order valence-corrected chi connectivity index (χ4v) is 7.59. The van der Waals surface area contributed by atoms with Gasteiger partial charge in [0.1, 0.15) is 11.4 Å². The van der Waals surface area contributed by atoms with Crippen LogP contribution in [0.4, 0.5) is 0 Å². The SMILES string of the molecule is CC(=O)[C@H]1CC[C@H]2[C@@H]3CCC4=CC(=O)C(C)=C[C@]4(C)[C@]34OC4C[C@]12C. The number of carbonyl (C=O) groups excluding carboxylic acids is 2. The molecule has 0 aromatic heterocycles. The number of rotatable bonds is 1. The van der Waals surface area contributed by atoms with Crippen molar-refractivity contribution in [1.82, 2.24) is 0 Å². The Hall–Kier alpha value is -1.22. The third-order valence-corrected chi connectivity index (χ3v) is 8.72. The van der Waals surface area contributed by atoms with Gasteiger partial charge < -0.3 is 4.74 Å². The van der Waals surface area contributed by atoms with Crippen LogP contribution in [0.15, 0.2) is 23.3 Å². The first kappa shape index (κ1) is 16.0. The Kier molecular flexibility index (Phi) is 2.90. The lowest BCUT2D eigenvalue weighted by Crippen LogP contribution is -2.57. The van der Waals surface area contributed by atoms with Crippen molar-refractivity contribution >= 4 is 11.6 Å². The number of epoxide rings is 1. The number of hydrogen-bond acceptors (Lipinski definition) is 3. The number of carbonyl (C=O) groups is 2. The van der Waals surface area contributed by atoms with E-state index in [4.69, 9.17) is 4.74 Å². The molecule has 0 radical (unpaired) electrons. The van der Waals surface area contributed by atoms with E-state index in [2.05, 4.69) is 19.9 Å². The van der Waals surface area contributed by atoms with Crippen molar-refractivity contribution < 1.29 is 14.3 Å². The van der Waals surface area contributed by atoms with E-state index in [1.807, 2.05) is 13.0 Å². The molecule has 0 amide bonds. The molecule has 3 saturated carbocycles. The molecule has 5 aliphatic rings. The second-order valence-corrected chi connectivity index (χ2v) is 9.67. The van der Waals surface area contributed by atoms with Crippen LogP contribution in [-0.2, 0) is 14.3 Å². The fourth-order valence-electron chi connectivity index (χ4n) is 7.59. The molecule has 0 aromatic carbocycles. The van der Waals surface area contributed by atoms with Crippen molar-refractivity contribution in [2.24, 2.45) is 28.6 Å². The molecule has 5 rings (SSSR count). The smallest absolute Gasteiger partial charge is 0.181 e. The van der Waals surface area contributed by atoms with Gasteiger partial charge in [-0.3, -0.25) is 9.59 Å². The molecule has 0 aromatic rings.